The topological polar surface area (TPSA) is 188 Å². The Hall–Kier alpha value is -2.56. The van der Waals surface area contributed by atoms with Crippen LogP contribution in [0.5, 0.6) is 0 Å². The van der Waals surface area contributed by atoms with E-state index in [0.29, 0.717) is 104 Å². The quantitative estimate of drug-likeness (QED) is 0.0259. The molecule has 0 heterocycles. The Morgan fingerprint density at radius 1 is 0.252 bits per heavy atom. The van der Waals surface area contributed by atoms with Crippen LogP contribution >= 0.6 is 21.6 Å². The molecule has 0 radical (unpaired) electrons. The van der Waals surface area contributed by atoms with Crippen molar-refractivity contribution in [2.45, 2.75) is 328 Å². The third-order valence-corrected chi connectivity index (χ3v) is 24.6. The highest BCUT2D eigenvalue weighted by atomic mass is 33.1. The van der Waals surface area contributed by atoms with Gasteiger partial charge in [-0.15, -0.1) is 0 Å². The van der Waals surface area contributed by atoms with E-state index >= 15 is 0 Å². The first-order valence-electron chi connectivity index (χ1n) is 46.6. The SMILES string of the molecule is CC(C)CCCC(C)CCCC(C)CCCC(C)CCOCC(COCCC(C)CCCC(C)CCCC(C)CCCC(C)C)(COCCC(C)CCCC(C)CCCC(C)CCCC(C)C)COC(=O)CCC(=O)OCCOCCOCCOCCOC(=O)CCC(=O)OCCOCCOCCOCCSSCc1ccccc1. The Morgan fingerprint density at radius 2 is 0.487 bits per heavy atom. The van der Waals surface area contributed by atoms with E-state index in [2.05, 4.69) is 128 Å². The molecule has 0 aromatic heterocycles. The molecule has 676 valence electrons. The van der Waals surface area contributed by atoms with Crippen LogP contribution in [0.3, 0.4) is 0 Å². The van der Waals surface area contributed by atoms with Gasteiger partial charge in [0.05, 0.1) is 130 Å². The molecule has 0 saturated carbocycles. The standard InChI is InChI=1S/C96H178O17S2/c1-79(2)28-19-31-82(7)34-22-37-85(10)40-25-43-88(13)52-55-107-75-96(76-108-56-53-89(14)44-26-41-86(11)38-23-35-83(8)32-20-29-80(3)4,77-109-57-54-90(15)45-27-42-87(12)39-24-36-84(9)33-21-30-81(5)6)78-113-95(100)51-50-94(99)112-71-68-104-62-59-101-58-61-103-66-69-110-92(97)48-49-93(98)111-70-67-105-63-60-102-64-65-106-72-73-114-115-74-91-46-17-16-18-47-91/h16-18,46-47,79-90H,19-45,48-78H2,1-15H3. The lowest BCUT2D eigenvalue weighted by molar-refractivity contribution is -0.159. The molecule has 19 heteroatoms. The number of rotatable bonds is 86. The van der Waals surface area contributed by atoms with Crippen molar-refractivity contribution in [2.24, 2.45) is 76.4 Å². The van der Waals surface area contributed by atoms with Crippen molar-refractivity contribution in [1.82, 2.24) is 0 Å². The molecule has 0 spiro atoms. The van der Waals surface area contributed by atoms with E-state index < -0.39 is 29.3 Å². The molecule has 1 aromatic rings. The fourth-order valence-electron chi connectivity index (χ4n) is 14.3. The number of hydrogen-bond donors (Lipinski definition) is 0. The average Bonchev–Trinajstić information content (AvgIpc) is 0.861. The largest absolute Gasteiger partial charge is 0.465 e. The minimum absolute atomic E-state index is 0.0348. The van der Waals surface area contributed by atoms with E-state index in [0.717, 1.165) is 84.0 Å². The molecular formula is C96H178O17S2. The van der Waals surface area contributed by atoms with Gasteiger partial charge in [-0.05, 0) is 95.8 Å². The molecule has 1 aromatic carbocycles. The predicted octanol–water partition coefficient (Wildman–Crippen LogP) is 23.8. The average molecular weight is 1670 g/mol. The highest BCUT2D eigenvalue weighted by molar-refractivity contribution is 8.76. The van der Waals surface area contributed by atoms with Crippen LogP contribution in [0.15, 0.2) is 30.3 Å². The van der Waals surface area contributed by atoms with Crippen molar-refractivity contribution in [3.8, 4) is 0 Å². The number of benzene rings is 1. The predicted molar refractivity (Wildman–Crippen MR) is 478 cm³/mol. The zero-order valence-corrected chi connectivity index (χ0v) is 78.2. The number of ether oxygens (including phenoxy) is 13. The molecule has 0 bridgehead atoms. The van der Waals surface area contributed by atoms with Gasteiger partial charge in [0.25, 0.3) is 0 Å². The third kappa shape index (κ3) is 75.0. The van der Waals surface area contributed by atoms with E-state index in [1.54, 1.807) is 10.8 Å². The summed E-state index contributed by atoms with van der Waals surface area (Å²) in [6.45, 7) is 42.9. The Morgan fingerprint density at radius 3 is 0.757 bits per heavy atom. The summed E-state index contributed by atoms with van der Waals surface area (Å²) in [5.74, 6) is 8.57. The molecule has 1 rings (SSSR count). The lowest BCUT2D eigenvalue weighted by atomic mass is 9.90. The summed E-state index contributed by atoms with van der Waals surface area (Å²) in [7, 11) is 3.62. The summed E-state index contributed by atoms with van der Waals surface area (Å²) < 4.78 is 75.2. The first kappa shape index (κ1) is 110. The first-order valence-corrected chi connectivity index (χ1v) is 49.0. The zero-order chi connectivity index (χ0) is 84.5. The minimum Gasteiger partial charge on any atom is -0.465 e. The maximum Gasteiger partial charge on any atom is 0.306 e. The molecular weight excluding hydrogens is 1490 g/mol. The fourth-order valence-corrected chi connectivity index (χ4v) is 16.2. The smallest absolute Gasteiger partial charge is 0.306 e. The van der Waals surface area contributed by atoms with Crippen molar-refractivity contribution in [1.29, 1.82) is 0 Å². The lowest BCUT2D eigenvalue weighted by Gasteiger charge is -2.33. The van der Waals surface area contributed by atoms with Gasteiger partial charge >= 0.3 is 23.9 Å². The van der Waals surface area contributed by atoms with Crippen molar-refractivity contribution in [3.63, 3.8) is 0 Å². The maximum absolute atomic E-state index is 13.6. The van der Waals surface area contributed by atoms with Gasteiger partial charge in [0.1, 0.15) is 26.4 Å². The van der Waals surface area contributed by atoms with E-state index in [-0.39, 0.29) is 85.1 Å². The second-order valence-electron chi connectivity index (χ2n) is 36.1. The minimum atomic E-state index is -0.739. The summed E-state index contributed by atoms with van der Waals surface area (Å²) >= 11 is 0. The Labute approximate surface area is 713 Å². The summed E-state index contributed by atoms with van der Waals surface area (Å²) in [6, 6.07) is 10.4. The van der Waals surface area contributed by atoms with Crippen LogP contribution in [0, 0.1) is 76.4 Å². The normalized spacial score (nSPS) is 14.8. The van der Waals surface area contributed by atoms with Gasteiger partial charge in [0.15, 0.2) is 0 Å². The van der Waals surface area contributed by atoms with Gasteiger partial charge < -0.3 is 61.6 Å². The third-order valence-electron chi connectivity index (χ3n) is 22.3. The van der Waals surface area contributed by atoms with Gasteiger partial charge in [-0.3, -0.25) is 19.2 Å². The van der Waals surface area contributed by atoms with Gasteiger partial charge in [0.2, 0.25) is 0 Å². The Bertz CT molecular complexity index is 2210. The van der Waals surface area contributed by atoms with Crippen LogP contribution in [-0.4, -0.2) is 175 Å². The molecule has 0 aliphatic rings. The van der Waals surface area contributed by atoms with Gasteiger partial charge in [0, 0.05) is 31.3 Å². The van der Waals surface area contributed by atoms with Crippen molar-refractivity contribution < 1.29 is 80.8 Å². The number of esters is 4. The van der Waals surface area contributed by atoms with E-state index in [9.17, 15) is 19.2 Å². The second-order valence-corrected chi connectivity index (χ2v) is 38.7. The van der Waals surface area contributed by atoms with Crippen LogP contribution in [0.1, 0.15) is 328 Å². The summed E-state index contributed by atoms with van der Waals surface area (Å²) in [5.41, 5.74) is 0.577. The van der Waals surface area contributed by atoms with Gasteiger partial charge in [-0.25, -0.2) is 0 Å². The van der Waals surface area contributed by atoms with Gasteiger partial charge in [-0.2, -0.15) is 0 Å². The highest BCUT2D eigenvalue weighted by Crippen LogP contribution is 2.30. The molecule has 0 aliphatic heterocycles. The molecule has 0 aliphatic carbocycles. The van der Waals surface area contributed by atoms with Crippen LogP contribution in [0.4, 0.5) is 0 Å². The van der Waals surface area contributed by atoms with Crippen molar-refractivity contribution in [2.75, 3.05) is 151 Å². The van der Waals surface area contributed by atoms with E-state index in [1.165, 1.54) is 179 Å². The van der Waals surface area contributed by atoms with E-state index in [4.69, 9.17) is 61.6 Å². The van der Waals surface area contributed by atoms with E-state index in [1.807, 2.05) is 16.9 Å². The van der Waals surface area contributed by atoms with Crippen molar-refractivity contribution in [3.05, 3.63) is 35.9 Å². The van der Waals surface area contributed by atoms with Crippen molar-refractivity contribution >= 4 is 45.5 Å². The molecule has 9 atom stereocenters. The zero-order valence-electron chi connectivity index (χ0n) is 76.6. The molecule has 0 saturated heterocycles. The molecule has 17 nitrogen and oxygen atoms in total. The molecule has 0 fully saturated rings. The number of carbonyl (C=O) groups is 4. The number of carbonyl (C=O) groups excluding carboxylic acids is 4. The molecule has 0 amide bonds. The first-order chi connectivity index (χ1) is 55.4. The highest BCUT2D eigenvalue weighted by Gasteiger charge is 2.35. The van der Waals surface area contributed by atoms with Crippen LogP contribution in [0.25, 0.3) is 0 Å². The Balaban J connectivity index is 2.69. The summed E-state index contributed by atoms with van der Waals surface area (Å²) in [4.78, 5) is 50.8. The fraction of sp³-hybridized carbons (Fsp3) is 0.896. The molecule has 115 heavy (non-hydrogen) atoms. The second kappa shape index (κ2) is 77.5. The molecule has 0 N–H and O–H groups in total. The summed E-state index contributed by atoms with van der Waals surface area (Å²) in [5, 5.41) is 0. The summed E-state index contributed by atoms with van der Waals surface area (Å²) in [6.07, 6.45) is 37.6. The lowest BCUT2D eigenvalue weighted by Crippen LogP contribution is -2.42. The van der Waals surface area contributed by atoms with Crippen LogP contribution in [0.2, 0.25) is 0 Å². The monoisotopic (exact) mass is 1670 g/mol. The number of hydrogen-bond acceptors (Lipinski definition) is 19. The maximum atomic E-state index is 13.6. The van der Waals surface area contributed by atoms with Gasteiger partial charge in [-0.1, -0.05) is 329 Å². The van der Waals surface area contributed by atoms with Crippen LogP contribution < -0.4 is 0 Å². The Kier molecular flexibility index (Phi) is 74.4. The van der Waals surface area contributed by atoms with Crippen LogP contribution in [-0.2, 0) is 86.5 Å². The molecule has 9 unspecified atom stereocenters.